The van der Waals surface area contributed by atoms with E-state index in [9.17, 15) is 26.3 Å². The highest BCUT2D eigenvalue weighted by atomic mass is 35.5. The van der Waals surface area contributed by atoms with Crippen molar-refractivity contribution in [2.24, 2.45) is 5.16 Å². The minimum Gasteiger partial charge on any atom is -0.406 e. The van der Waals surface area contributed by atoms with Gasteiger partial charge in [-0.15, -0.1) is 13.2 Å². The van der Waals surface area contributed by atoms with Gasteiger partial charge in [0.05, 0.1) is 5.71 Å². The molecule has 0 spiro atoms. The van der Waals surface area contributed by atoms with Crippen molar-refractivity contribution in [3.63, 3.8) is 0 Å². The molecule has 150 valence electrons. The third-order valence-corrected chi connectivity index (χ3v) is 4.37. The summed E-state index contributed by atoms with van der Waals surface area (Å²) < 4.78 is 82.0. The Morgan fingerprint density at radius 1 is 0.929 bits per heavy atom. The lowest BCUT2D eigenvalue weighted by molar-refractivity contribution is -0.276. The second-order valence-electron chi connectivity index (χ2n) is 5.86. The monoisotopic (exact) mass is 443 g/mol. The van der Waals surface area contributed by atoms with Gasteiger partial charge in [0.25, 0.3) is 5.60 Å². The Balaban J connectivity index is 1.91. The summed E-state index contributed by atoms with van der Waals surface area (Å²) in [7, 11) is 0. The van der Waals surface area contributed by atoms with Crippen LogP contribution in [-0.2, 0) is 10.4 Å². The van der Waals surface area contributed by atoms with Gasteiger partial charge < -0.3 is 9.57 Å². The molecule has 1 aliphatic heterocycles. The highest BCUT2D eigenvalue weighted by Crippen LogP contribution is 2.49. The molecule has 2 aromatic carbocycles. The molecular formula is C17H9Cl2F6NO2. The van der Waals surface area contributed by atoms with Crippen molar-refractivity contribution in [3.8, 4) is 5.75 Å². The molecule has 11 heteroatoms. The molecule has 1 atom stereocenters. The summed E-state index contributed by atoms with van der Waals surface area (Å²) in [5, 5.41) is 3.48. The number of nitrogens with zero attached hydrogens (tertiary/aromatic N) is 1. The smallest absolute Gasteiger partial charge is 0.406 e. The number of ether oxygens (including phenoxy) is 1. The third-order valence-electron chi connectivity index (χ3n) is 3.94. The molecule has 3 nitrogen and oxygen atoms in total. The molecule has 0 N–H and O–H groups in total. The van der Waals surface area contributed by atoms with Crippen LogP contribution in [0.1, 0.15) is 17.5 Å². The Labute approximate surface area is 164 Å². The average molecular weight is 444 g/mol. The van der Waals surface area contributed by atoms with Crippen molar-refractivity contribution in [2.45, 2.75) is 24.6 Å². The molecule has 0 radical (unpaired) electrons. The zero-order chi connectivity index (χ0) is 20.7. The van der Waals surface area contributed by atoms with Crippen molar-refractivity contribution < 1.29 is 35.9 Å². The van der Waals surface area contributed by atoms with Gasteiger partial charge >= 0.3 is 12.5 Å². The Morgan fingerprint density at radius 2 is 1.50 bits per heavy atom. The van der Waals surface area contributed by atoms with Gasteiger partial charge in [-0.1, -0.05) is 28.4 Å². The fourth-order valence-corrected chi connectivity index (χ4v) is 3.22. The summed E-state index contributed by atoms with van der Waals surface area (Å²) >= 11 is 11.6. The van der Waals surface area contributed by atoms with Crippen LogP contribution in [0.2, 0.25) is 10.0 Å². The van der Waals surface area contributed by atoms with E-state index in [4.69, 9.17) is 28.0 Å². The number of benzene rings is 2. The van der Waals surface area contributed by atoms with Crippen LogP contribution in [0.4, 0.5) is 26.3 Å². The van der Waals surface area contributed by atoms with Crippen LogP contribution in [0.25, 0.3) is 0 Å². The number of rotatable bonds is 3. The Bertz CT molecular complexity index is 891. The average Bonchev–Trinajstić information content (AvgIpc) is 2.99. The largest absolute Gasteiger partial charge is 0.573 e. The van der Waals surface area contributed by atoms with E-state index in [1.165, 1.54) is 6.07 Å². The summed E-state index contributed by atoms with van der Waals surface area (Å²) in [6.45, 7) is 0. The summed E-state index contributed by atoms with van der Waals surface area (Å²) in [6, 6.07) is 7.65. The summed E-state index contributed by atoms with van der Waals surface area (Å²) in [4.78, 5) is 4.81. The number of halogens is 8. The number of alkyl halides is 6. The van der Waals surface area contributed by atoms with Gasteiger partial charge in [0.2, 0.25) is 0 Å². The first-order valence-electron chi connectivity index (χ1n) is 7.54. The minimum absolute atomic E-state index is 0.0168. The lowest BCUT2D eigenvalue weighted by Crippen LogP contribution is -2.42. The second-order valence-corrected chi connectivity index (χ2v) is 6.73. The van der Waals surface area contributed by atoms with Crippen molar-refractivity contribution in [1.29, 1.82) is 0 Å². The van der Waals surface area contributed by atoms with Crippen molar-refractivity contribution in [1.82, 2.24) is 0 Å². The first-order chi connectivity index (χ1) is 12.9. The number of oxime groups is 1. The van der Waals surface area contributed by atoms with Crippen LogP contribution in [0.5, 0.6) is 5.75 Å². The second kappa shape index (κ2) is 7.04. The van der Waals surface area contributed by atoms with E-state index in [0.29, 0.717) is 0 Å². The first-order valence-corrected chi connectivity index (χ1v) is 8.30. The van der Waals surface area contributed by atoms with Crippen LogP contribution < -0.4 is 4.74 Å². The highest BCUT2D eigenvalue weighted by Gasteiger charge is 2.62. The van der Waals surface area contributed by atoms with Gasteiger partial charge in [-0.3, -0.25) is 0 Å². The molecule has 1 unspecified atom stereocenters. The molecule has 0 saturated heterocycles. The third kappa shape index (κ3) is 4.15. The van der Waals surface area contributed by atoms with Gasteiger partial charge in [-0.05, 0) is 48.0 Å². The van der Waals surface area contributed by atoms with E-state index in [-0.39, 0.29) is 26.9 Å². The van der Waals surface area contributed by atoms with Crippen LogP contribution in [-0.4, -0.2) is 18.3 Å². The van der Waals surface area contributed by atoms with Gasteiger partial charge in [0.1, 0.15) is 5.75 Å². The van der Waals surface area contributed by atoms with Gasteiger partial charge in [0, 0.05) is 22.0 Å². The van der Waals surface area contributed by atoms with E-state index in [1.54, 1.807) is 0 Å². The number of hydrogen-bond donors (Lipinski definition) is 0. The molecule has 0 bridgehead atoms. The van der Waals surface area contributed by atoms with E-state index in [0.717, 1.165) is 36.4 Å². The zero-order valence-electron chi connectivity index (χ0n) is 13.5. The highest BCUT2D eigenvalue weighted by molar-refractivity contribution is 6.34. The molecule has 0 saturated carbocycles. The van der Waals surface area contributed by atoms with Crippen LogP contribution in [0, 0.1) is 0 Å². The summed E-state index contributed by atoms with van der Waals surface area (Å²) in [5.74, 6) is -0.514. The number of hydrogen-bond acceptors (Lipinski definition) is 3. The molecule has 2 aromatic rings. The van der Waals surface area contributed by atoms with E-state index in [2.05, 4.69) is 9.89 Å². The Morgan fingerprint density at radius 3 is 2.00 bits per heavy atom. The quantitative estimate of drug-likeness (QED) is 0.508. The summed E-state index contributed by atoms with van der Waals surface area (Å²) in [5.41, 5.74) is -3.12. The maximum Gasteiger partial charge on any atom is 0.573 e. The van der Waals surface area contributed by atoms with Crippen molar-refractivity contribution >= 4 is 28.9 Å². The molecule has 3 rings (SSSR count). The van der Waals surface area contributed by atoms with Crippen molar-refractivity contribution in [3.05, 3.63) is 63.6 Å². The van der Waals surface area contributed by atoms with Crippen LogP contribution in [0.3, 0.4) is 0 Å². The van der Waals surface area contributed by atoms with Gasteiger partial charge in [-0.2, -0.15) is 13.2 Å². The SMILES string of the molecule is FC(F)(F)Oc1ccc(C2=NOC(c3cc(Cl)cc(Cl)c3)(C(F)(F)F)C2)cc1. The molecule has 0 aliphatic carbocycles. The molecule has 28 heavy (non-hydrogen) atoms. The summed E-state index contributed by atoms with van der Waals surface area (Å²) in [6.07, 6.45) is -10.5. The maximum absolute atomic E-state index is 13.9. The van der Waals surface area contributed by atoms with Gasteiger partial charge in [0.15, 0.2) is 0 Å². The molecular weight excluding hydrogens is 435 g/mol. The Kier molecular flexibility index (Phi) is 5.18. The maximum atomic E-state index is 13.9. The van der Waals surface area contributed by atoms with Gasteiger partial charge in [-0.25, -0.2) is 0 Å². The zero-order valence-corrected chi connectivity index (χ0v) is 15.0. The Hall–Kier alpha value is -2.13. The minimum atomic E-state index is -4.88. The van der Waals surface area contributed by atoms with Crippen molar-refractivity contribution in [2.75, 3.05) is 0 Å². The normalized spacial score (nSPS) is 19.9. The van der Waals surface area contributed by atoms with Crippen LogP contribution in [0.15, 0.2) is 47.6 Å². The molecule has 0 amide bonds. The molecule has 1 aliphatic rings. The fraction of sp³-hybridized carbons (Fsp3) is 0.235. The lowest BCUT2D eigenvalue weighted by atomic mass is 9.86. The predicted molar refractivity (Wildman–Crippen MR) is 89.6 cm³/mol. The van der Waals surface area contributed by atoms with E-state index < -0.39 is 30.3 Å². The van der Waals surface area contributed by atoms with Crippen LogP contribution >= 0.6 is 23.2 Å². The van der Waals surface area contributed by atoms with E-state index in [1.807, 2.05) is 0 Å². The lowest BCUT2D eigenvalue weighted by Gasteiger charge is -2.29. The predicted octanol–water partition coefficient (Wildman–Crippen LogP) is 6.47. The molecule has 1 heterocycles. The first kappa shape index (κ1) is 20.6. The topological polar surface area (TPSA) is 30.8 Å². The molecule has 0 aromatic heterocycles. The van der Waals surface area contributed by atoms with E-state index >= 15 is 0 Å². The fourth-order valence-electron chi connectivity index (χ4n) is 2.69. The standard InChI is InChI=1S/C17H9Cl2F6NO2/c18-11-5-10(6-12(19)7-11)15(16(20,21)22)8-14(26-28-15)9-1-3-13(4-2-9)27-17(23,24)25/h1-7H,8H2. The molecule has 0 fully saturated rings.